The Labute approximate surface area is 124 Å². The summed E-state index contributed by atoms with van der Waals surface area (Å²) in [6.07, 6.45) is 7.32. The van der Waals surface area contributed by atoms with Crippen molar-refractivity contribution >= 4 is 21.3 Å². The van der Waals surface area contributed by atoms with Gasteiger partial charge in [0.1, 0.15) is 0 Å². The van der Waals surface area contributed by atoms with Crippen molar-refractivity contribution < 1.29 is 0 Å². The average Bonchev–Trinajstić information content (AvgIpc) is 2.81. The SMILES string of the molecule is CC1=CC2(C(C)=C1C1C=Cc3ccccc31)P(C)P2C. The molecular weight excluding hydrogens is 278 g/mol. The lowest BCUT2D eigenvalue weighted by Crippen LogP contribution is -2.04. The Kier molecular flexibility index (Phi) is 2.70. The summed E-state index contributed by atoms with van der Waals surface area (Å²) in [4.78, 5) is 0.509. The quantitative estimate of drug-likeness (QED) is 0.564. The van der Waals surface area contributed by atoms with Gasteiger partial charge in [0.2, 0.25) is 0 Å². The lowest BCUT2D eigenvalue weighted by Gasteiger charge is -2.17. The first-order valence-corrected chi connectivity index (χ1v) is 11.5. The molecule has 0 bridgehead atoms. The van der Waals surface area contributed by atoms with E-state index in [1.165, 1.54) is 16.7 Å². The predicted molar refractivity (Wildman–Crippen MR) is 93.1 cm³/mol. The molecule has 0 amide bonds. The molecule has 1 saturated heterocycles. The van der Waals surface area contributed by atoms with Crippen molar-refractivity contribution in [3.05, 3.63) is 64.3 Å². The van der Waals surface area contributed by atoms with Crippen molar-refractivity contribution in [2.24, 2.45) is 0 Å². The number of fused-ring (bicyclic) bond motifs is 1. The molecule has 2 aliphatic carbocycles. The van der Waals surface area contributed by atoms with E-state index in [1.807, 2.05) is 0 Å². The normalized spacial score (nSPS) is 37.6. The molecule has 2 heteroatoms. The zero-order valence-corrected chi connectivity index (χ0v) is 14.3. The first-order chi connectivity index (χ1) is 9.57. The summed E-state index contributed by atoms with van der Waals surface area (Å²) in [5.41, 5.74) is 7.74. The fourth-order valence-electron chi connectivity index (χ4n) is 4.09. The van der Waals surface area contributed by atoms with Gasteiger partial charge in [0.25, 0.3) is 0 Å². The lowest BCUT2D eigenvalue weighted by atomic mass is 9.88. The van der Waals surface area contributed by atoms with Gasteiger partial charge in [0.05, 0.1) is 4.90 Å². The van der Waals surface area contributed by atoms with Gasteiger partial charge in [-0.1, -0.05) is 57.7 Å². The largest absolute Gasteiger partial charge is 0.0720 e. The fourth-order valence-corrected chi connectivity index (χ4v) is 12.6. The number of benzene rings is 1. The van der Waals surface area contributed by atoms with Crippen molar-refractivity contribution in [1.82, 2.24) is 0 Å². The molecular formula is C18H20P2. The number of rotatable bonds is 1. The monoisotopic (exact) mass is 298 g/mol. The van der Waals surface area contributed by atoms with E-state index in [0.717, 1.165) is 0 Å². The molecule has 3 atom stereocenters. The van der Waals surface area contributed by atoms with E-state index in [0.29, 0.717) is 10.8 Å². The number of hydrogen-bond acceptors (Lipinski definition) is 0. The molecule has 0 N–H and O–H groups in total. The molecule has 3 aliphatic rings. The zero-order chi connectivity index (χ0) is 14.1. The highest BCUT2D eigenvalue weighted by Gasteiger charge is 2.61. The topological polar surface area (TPSA) is 0 Å². The van der Waals surface area contributed by atoms with E-state index in [2.05, 4.69) is 69.7 Å². The van der Waals surface area contributed by atoms with E-state index in [1.54, 1.807) is 11.1 Å². The van der Waals surface area contributed by atoms with Crippen LogP contribution in [0.4, 0.5) is 0 Å². The van der Waals surface area contributed by atoms with Gasteiger partial charge >= 0.3 is 0 Å². The van der Waals surface area contributed by atoms with Crippen molar-refractivity contribution in [3.8, 4) is 0 Å². The first-order valence-electron chi connectivity index (χ1n) is 7.23. The van der Waals surface area contributed by atoms with Crippen LogP contribution in [0.2, 0.25) is 0 Å². The summed E-state index contributed by atoms with van der Waals surface area (Å²) in [6, 6.07) is 8.86. The predicted octanol–water partition coefficient (Wildman–Crippen LogP) is 5.92. The van der Waals surface area contributed by atoms with Crippen molar-refractivity contribution in [1.29, 1.82) is 0 Å². The molecule has 20 heavy (non-hydrogen) atoms. The molecule has 3 unspecified atom stereocenters. The second-order valence-electron chi connectivity index (χ2n) is 6.11. The van der Waals surface area contributed by atoms with Gasteiger partial charge in [-0.2, -0.15) is 0 Å². The Bertz CT molecular complexity index is 685. The molecule has 1 aromatic carbocycles. The highest BCUT2D eigenvalue weighted by Crippen LogP contribution is 3.02. The maximum absolute atomic E-state index is 2.61. The Hall–Kier alpha value is -0.700. The van der Waals surface area contributed by atoms with Crippen LogP contribution in [-0.2, 0) is 0 Å². The van der Waals surface area contributed by atoms with Crippen molar-refractivity contribution in [2.45, 2.75) is 24.7 Å². The maximum atomic E-state index is 2.61. The van der Waals surface area contributed by atoms with Crippen LogP contribution in [0.5, 0.6) is 0 Å². The van der Waals surface area contributed by atoms with Crippen LogP contribution < -0.4 is 0 Å². The first kappa shape index (κ1) is 13.0. The molecule has 0 aromatic heterocycles. The van der Waals surface area contributed by atoms with E-state index in [4.69, 9.17) is 0 Å². The minimum Gasteiger partial charge on any atom is -0.0720 e. The minimum absolute atomic E-state index is 0.215. The molecule has 1 aliphatic heterocycles. The molecule has 4 rings (SSSR count). The number of hydrogen-bond donors (Lipinski definition) is 0. The molecule has 0 radical (unpaired) electrons. The molecule has 1 spiro atoms. The third-order valence-electron chi connectivity index (χ3n) is 5.31. The average molecular weight is 298 g/mol. The summed E-state index contributed by atoms with van der Waals surface area (Å²) < 4.78 is 0. The summed E-state index contributed by atoms with van der Waals surface area (Å²) in [6.45, 7) is 9.72. The van der Waals surface area contributed by atoms with E-state index in [9.17, 15) is 0 Å². The molecule has 0 nitrogen and oxygen atoms in total. The summed E-state index contributed by atoms with van der Waals surface area (Å²) in [7, 11) is 0.430. The smallest absolute Gasteiger partial charge is 0.0571 e. The van der Waals surface area contributed by atoms with E-state index >= 15 is 0 Å². The number of allylic oxidation sites excluding steroid dienone is 5. The third kappa shape index (κ3) is 1.45. The fraction of sp³-hybridized carbons (Fsp3) is 0.333. The Morgan fingerprint density at radius 1 is 1.05 bits per heavy atom. The molecule has 1 heterocycles. The van der Waals surface area contributed by atoms with E-state index in [-0.39, 0.29) is 15.2 Å². The summed E-state index contributed by atoms with van der Waals surface area (Å²) in [5.74, 6) is 0.495. The Morgan fingerprint density at radius 3 is 2.40 bits per heavy atom. The van der Waals surface area contributed by atoms with Crippen LogP contribution in [0, 0.1) is 0 Å². The standard InChI is InChI=1S/C18H20P2/c1-12-11-18(19(3)20(18)4)13(2)17(12)16-10-9-14-7-5-6-8-15(14)16/h5-11,16H,1-4H3. The molecule has 102 valence electrons. The lowest BCUT2D eigenvalue weighted by molar-refractivity contribution is 0.998. The summed E-state index contributed by atoms with van der Waals surface area (Å²) >= 11 is 0. The highest BCUT2D eigenvalue weighted by molar-refractivity contribution is 8.47. The molecule has 0 saturated carbocycles. The molecule has 1 aromatic rings. The van der Waals surface area contributed by atoms with Gasteiger partial charge in [-0.05, 0) is 55.0 Å². The van der Waals surface area contributed by atoms with Gasteiger partial charge < -0.3 is 0 Å². The third-order valence-corrected chi connectivity index (χ3v) is 14.5. The van der Waals surface area contributed by atoms with Crippen LogP contribution in [-0.4, -0.2) is 18.2 Å². The maximum Gasteiger partial charge on any atom is 0.0571 e. The van der Waals surface area contributed by atoms with Crippen molar-refractivity contribution in [3.63, 3.8) is 0 Å². The van der Waals surface area contributed by atoms with Gasteiger partial charge in [-0.3, -0.25) is 0 Å². The van der Waals surface area contributed by atoms with Gasteiger partial charge in [0.15, 0.2) is 0 Å². The van der Waals surface area contributed by atoms with Crippen LogP contribution in [0.3, 0.4) is 0 Å². The second-order valence-corrected chi connectivity index (χ2v) is 13.6. The van der Waals surface area contributed by atoms with Gasteiger partial charge in [-0.15, -0.1) is 0 Å². The Morgan fingerprint density at radius 2 is 1.75 bits per heavy atom. The highest BCUT2D eigenvalue weighted by atomic mass is 32.1. The van der Waals surface area contributed by atoms with Crippen molar-refractivity contribution in [2.75, 3.05) is 13.3 Å². The van der Waals surface area contributed by atoms with Crippen LogP contribution in [0.1, 0.15) is 30.9 Å². The Balaban J connectivity index is 1.84. The summed E-state index contributed by atoms with van der Waals surface area (Å²) in [5, 5.41) is 0. The van der Waals surface area contributed by atoms with E-state index < -0.39 is 0 Å². The van der Waals surface area contributed by atoms with Gasteiger partial charge in [0, 0.05) is 5.92 Å². The van der Waals surface area contributed by atoms with Crippen LogP contribution >= 0.6 is 15.2 Å². The minimum atomic E-state index is 0.215. The second kappa shape index (κ2) is 4.16. The van der Waals surface area contributed by atoms with Gasteiger partial charge in [-0.25, -0.2) is 0 Å². The zero-order valence-electron chi connectivity index (χ0n) is 12.5. The van der Waals surface area contributed by atoms with Crippen LogP contribution in [0.15, 0.2) is 53.1 Å². The van der Waals surface area contributed by atoms with Crippen LogP contribution in [0.25, 0.3) is 6.08 Å². The molecule has 1 fully saturated rings.